The van der Waals surface area contributed by atoms with Crippen molar-refractivity contribution >= 4 is 29.0 Å². The number of ether oxygens (including phenoxy) is 1. The van der Waals surface area contributed by atoms with Crippen molar-refractivity contribution in [1.29, 1.82) is 0 Å². The number of hydrogen-bond acceptors (Lipinski definition) is 7. The van der Waals surface area contributed by atoms with Gasteiger partial charge in [-0.3, -0.25) is 0 Å². The van der Waals surface area contributed by atoms with E-state index in [4.69, 9.17) is 4.74 Å². The molecule has 0 saturated carbocycles. The summed E-state index contributed by atoms with van der Waals surface area (Å²) in [6, 6.07) is 19.5. The highest BCUT2D eigenvalue weighted by atomic mass is 16.5. The molecule has 0 unspecified atom stereocenters. The Bertz CT molecular complexity index is 954. The van der Waals surface area contributed by atoms with Crippen molar-refractivity contribution in [2.45, 2.75) is 0 Å². The lowest BCUT2D eigenvalue weighted by Crippen LogP contribution is -2.46. The summed E-state index contributed by atoms with van der Waals surface area (Å²) >= 11 is 0. The fraction of sp³-hybridized carbons (Fsp3) is 0.227. The third kappa shape index (κ3) is 4.45. The number of carbonyl (C=O) groups excluding carboxylic acids is 1. The number of para-hydroxylation sites is 1. The molecule has 1 saturated heterocycles. The van der Waals surface area contributed by atoms with Crippen LogP contribution in [0.4, 0.5) is 23.0 Å². The fourth-order valence-corrected chi connectivity index (χ4v) is 3.38. The zero-order valence-corrected chi connectivity index (χ0v) is 16.3. The van der Waals surface area contributed by atoms with E-state index >= 15 is 0 Å². The Morgan fingerprint density at radius 3 is 2.31 bits per heavy atom. The minimum atomic E-state index is -0.351. The number of methoxy groups -OCH3 is 1. The lowest BCUT2D eigenvalue weighted by atomic mass is 10.2. The Labute approximate surface area is 170 Å². The van der Waals surface area contributed by atoms with Crippen molar-refractivity contribution in [2.75, 3.05) is 48.4 Å². The van der Waals surface area contributed by atoms with Gasteiger partial charge in [0.1, 0.15) is 18.0 Å². The van der Waals surface area contributed by atoms with Crippen LogP contribution in [0.1, 0.15) is 10.4 Å². The van der Waals surface area contributed by atoms with Gasteiger partial charge in [-0.25, -0.2) is 14.8 Å². The predicted molar refractivity (Wildman–Crippen MR) is 114 cm³/mol. The molecule has 4 rings (SSSR count). The Morgan fingerprint density at radius 1 is 0.931 bits per heavy atom. The summed E-state index contributed by atoms with van der Waals surface area (Å²) in [6.45, 7) is 3.70. The van der Waals surface area contributed by atoms with Gasteiger partial charge >= 0.3 is 5.97 Å². The Morgan fingerprint density at radius 2 is 1.62 bits per heavy atom. The molecule has 2 heterocycles. The first-order valence-electron chi connectivity index (χ1n) is 9.55. The first-order chi connectivity index (χ1) is 14.2. The first kappa shape index (κ1) is 18.7. The van der Waals surface area contributed by atoms with Crippen molar-refractivity contribution in [1.82, 2.24) is 9.97 Å². The van der Waals surface area contributed by atoms with Gasteiger partial charge in [-0.05, 0) is 36.4 Å². The molecular weight excluding hydrogens is 366 g/mol. The molecule has 3 aromatic rings. The summed E-state index contributed by atoms with van der Waals surface area (Å²) in [5.74, 6) is 1.27. The van der Waals surface area contributed by atoms with Gasteiger partial charge in [-0.15, -0.1) is 0 Å². The van der Waals surface area contributed by atoms with Gasteiger partial charge in [0.25, 0.3) is 0 Å². The number of esters is 1. The number of nitrogens with one attached hydrogen (secondary N) is 1. The normalized spacial score (nSPS) is 13.8. The first-order valence-corrected chi connectivity index (χ1v) is 9.55. The van der Waals surface area contributed by atoms with Crippen molar-refractivity contribution in [2.24, 2.45) is 0 Å². The highest BCUT2D eigenvalue weighted by Crippen LogP contribution is 2.22. The maximum atomic E-state index is 11.5. The van der Waals surface area contributed by atoms with Crippen molar-refractivity contribution < 1.29 is 9.53 Å². The van der Waals surface area contributed by atoms with Gasteiger partial charge in [-0.2, -0.15) is 0 Å². The molecule has 1 aliphatic rings. The van der Waals surface area contributed by atoms with Crippen LogP contribution in [-0.2, 0) is 4.74 Å². The monoisotopic (exact) mass is 389 g/mol. The minimum absolute atomic E-state index is 0.351. The molecule has 1 aromatic heterocycles. The summed E-state index contributed by atoms with van der Waals surface area (Å²) in [6.07, 6.45) is 1.57. The van der Waals surface area contributed by atoms with Crippen LogP contribution in [0.2, 0.25) is 0 Å². The second-order valence-electron chi connectivity index (χ2n) is 6.77. The van der Waals surface area contributed by atoms with E-state index in [2.05, 4.69) is 49.4 Å². The smallest absolute Gasteiger partial charge is 0.337 e. The predicted octanol–water partition coefficient (Wildman–Crippen LogP) is 3.33. The lowest BCUT2D eigenvalue weighted by molar-refractivity contribution is 0.0601. The van der Waals surface area contributed by atoms with Gasteiger partial charge in [0.05, 0.1) is 12.7 Å². The van der Waals surface area contributed by atoms with Gasteiger partial charge in [0.15, 0.2) is 0 Å². The van der Waals surface area contributed by atoms with E-state index in [1.165, 1.54) is 12.8 Å². The second-order valence-corrected chi connectivity index (χ2v) is 6.77. The topological polar surface area (TPSA) is 70.6 Å². The van der Waals surface area contributed by atoms with Crippen LogP contribution in [0, 0.1) is 0 Å². The van der Waals surface area contributed by atoms with E-state index in [9.17, 15) is 4.79 Å². The SMILES string of the molecule is COC(=O)c1ccc(Nc2cc(N3CCN(c4ccccc4)CC3)ncn2)cc1. The van der Waals surface area contributed by atoms with Crippen LogP contribution >= 0.6 is 0 Å². The Hall–Kier alpha value is -3.61. The number of piperazine rings is 1. The molecule has 0 bridgehead atoms. The summed E-state index contributed by atoms with van der Waals surface area (Å²) in [7, 11) is 1.37. The van der Waals surface area contributed by atoms with E-state index in [1.54, 1.807) is 18.5 Å². The molecule has 0 aliphatic carbocycles. The molecule has 0 spiro atoms. The molecule has 0 atom stereocenters. The minimum Gasteiger partial charge on any atom is -0.465 e. The molecule has 0 amide bonds. The zero-order chi connectivity index (χ0) is 20.1. The van der Waals surface area contributed by atoms with Gasteiger partial charge in [-0.1, -0.05) is 18.2 Å². The number of benzene rings is 2. The zero-order valence-electron chi connectivity index (χ0n) is 16.3. The van der Waals surface area contributed by atoms with Crippen LogP contribution in [0.3, 0.4) is 0 Å². The number of carbonyl (C=O) groups is 1. The molecule has 148 valence electrons. The molecule has 7 heteroatoms. The maximum absolute atomic E-state index is 11.5. The van der Waals surface area contributed by atoms with Gasteiger partial charge < -0.3 is 19.9 Å². The highest BCUT2D eigenvalue weighted by Gasteiger charge is 2.18. The van der Waals surface area contributed by atoms with Crippen LogP contribution in [0.15, 0.2) is 67.0 Å². The van der Waals surface area contributed by atoms with E-state index in [0.29, 0.717) is 11.4 Å². The largest absolute Gasteiger partial charge is 0.465 e. The van der Waals surface area contributed by atoms with E-state index < -0.39 is 0 Å². The van der Waals surface area contributed by atoms with Crippen LogP contribution < -0.4 is 15.1 Å². The number of nitrogens with zero attached hydrogens (tertiary/aromatic N) is 4. The van der Waals surface area contributed by atoms with Gasteiger partial charge in [0.2, 0.25) is 0 Å². The van der Waals surface area contributed by atoms with Crippen LogP contribution in [-0.4, -0.2) is 49.2 Å². The summed E-state index contributed by atoms with van der Waals surface area (Å²) in [5.41, 5.74) is 2.61. The number of anilines is 4. The molecule has 1 fully saturated rings. The van der Waals surface area contributed by atoms with Crippen LogP contribution in [0.25, 0.3) is 0 Å². The quantitative estimate of drug-likeness (QED) is 0.671. The summed E-state index contributed by atoms with van der Waals surface area (Å²) in [4.78, 5) is 25.0. The average Bonchev–Trinajstić information content (AvgIpc) is 2.80. The second kappa shape index (κ2) is 8.60. The molecule has 1 aliphatic heterocycles. The van der Waals surface area contributed by atoms with Crippen LogP contribution in [0.5, 0.6) is 0 Å². The number of rotatable bonds is 5. The standard InChI is InChI=1S/C22H23N5O2/c1-29-22(28)17-7-9-18(10-8-17)25-20-15-21(24-16-23-20)27-13-11-26(12-14-27)19-5-3-2-4-6-19/h2-10,15-16H,11-14H2,1H3,(H,23,24,25). The molecule has 29 heavy (non-hydrogen) atoms. The molecule has 1 N–H and O–H groups in total. The van der Waals surface area contributed by atoms with Crippen molar-refractivity contribution in [3.05, 3.63) is 72.6 Å². The molecule has 7 nitrogen and oxygen atoms in total. The third-order valence-corrected chi connectivity index (χ3v) is 4.96. The third-order valence-electron chi connectivity index (χ3n) is 4.96. The number of aromatic nitrogens is 2. The van der Waals surface area contributed by atoms with E-state index in [0.717, 1.165) is 37.7 Å². The summed E-state index contributed by atoms with van der Waals surface area (Å²) < 4.78 is 4.72. The fourth-order valence-electron chi connectivity index (χ4n) is 3.38. The molecule has 0 radical (unpaired) electrons. The van der Waals surface area contributed by atoms with E-state index in [-0.39, 0.29) is 5.97 Å². The lowest BCUT2D eigenvalue weighted by Gasteiger charge is -2.36. The number of hydrogen-bond donors (Lipinski definition) is 1. The van der Waals surface area contributed by atoms with E-state index in [1.807, 2.05) is 24.3 Å². The van der Waals surface area contributed by atoms with Crippen molar-refractivity contribution in [3.8, 4) is 0 Å². The summed E-state index contributed by atoms with van der Waals surface area (Å²) in [5, 5.41) is 3.26. The van der Waals surface area contributed by atoms with Gasteiger partial charge in [0, 0.05) is 43.6 Å². The average molecular weight is 389 g/mol. The molecular formula is C22H23N5O2. The molecule has 2 aromatic carbocycles. The Kier molecular flexibility index (Phi) is 5.56. The highest BCUT2D eigenvalue weighted by molar-refractivity contribution is 5.89. The Balaban J connectivity index is 1.39. The maximum Gasteiger partial charge on any atom is 0.337 e. The van der Waals surface area contributed by atoms with Crippen molar-refractivity contribution in [3.63, 3.8) is 0 Å².